The molecule has 0 radical (unpaired) electrons. The van der Waals surface area contributed by atoms with Crippen molar-refractivity contribution in [1.82, 2.24) is 25.2 Å². The summed E-state index contributed by atoms with van der Waals surface area (Å²) < 4.78 is 31.4. The summed E-state index contributed by atoms with van der Waals surface area (Å²) in [4.78, 5) is 37.2. The van der Waals surface area contributed by atoms with Gasteiger partial charge in [0.1, 0.15) is 12.1 Å². The second-order valence-electron chi connectivity index (χ2n) is 11.5. The summed E-state index contributed by atoms with van der Waals surface area (Å²) in [5, 5.41) is 8.65. The summed E-state index contributed by atoms with van der Waals surface area (Å²) in [5.74, 6) is -0.261. The van der Waals surface area contributed by atoms with Gasteiger partial charge in [-0.3, -0.25) is 9.59 Å². The number of sulfonamides is 1. The summed E-state index contributed by atoms with van der Waals surface area (Å²) in [6.07, 6.45) is 8.58. The number of hydrogen-bond donors (Lipinski definition) is 3. The Morgan fingerprint density at radius 3 is 2.61 bits per heavy atom. The predicted octanol–water partition coefficient (Wildman–Crippen LogP) is 2.05. The summed E-state index contributed by atoms with van der Waals surface area (Å²) in [7, 11) is -3.25. The molecule has 2 fully saturated rings. The number of piperazine rings is 1. The van der Waals surface area contributed by atoms with Gasteiger partial charge in [-0.15, -0.1) is 11.3 Å². The molecule has 1 aromatic heterocycles. The molecular weight excluding hydrogens is 564 g/mol. The molecule has 11 nitrogen and oxygen atoms in total. The monoisotopic (exact) mass is 610 g/mol. The molecule has 2 amide bonds. The highest BCUT2D eigenvalue weighted by molar-refractivity contribution is 7.88. The average Bonchev–Trinajstić information content (AvgIpc) is 3.59. The Balaban J connectivity index is 1.47. The van der Waals surface area contributed by atoms with E-state index in [-0.39, 0.29) is 30.0 Å². The third kappa shape index (κ3) is 9.39. The Morgan fingerprint density at radius 2 is 1.95 bits per heavy atom. The largest absolute Gasteiger partial charge is 0.460 e. The van der Waals surface area contributed by atoms with Gasteiger partial charge in [-0.1, -0.05) is 31.7 Å². The molecule has 0 unspecified atom stereocenters. The van der Waals surface area contributed by atoms with E-state index in [2.05, 4.69) is 20.3 Å². The second kappa shape index (κ2) is 14.8. The van der Waals surface area contributed by atoms with Crippen molar-refractivity contribution in [3.63, 3.8) is 0 Å². The molecule has 0 bridgehead atoms. The van der Waals surface area contributed by atoms with E-state index in [1.165, 1.54) is 6.42 Å². The highest BCUT2D eigenvalue weighted by atomic mass is 32.2. The van der Waals surface area contributed by atoms with Crippen molar-refractivity contribution in [3.05, 3.63) is 22.4 Å². The smallest absolute Gasteiger partial charge is 0.288 e. The number of thiophene rings is 1. The minimum Gasteiger partial charge on any atom is -0.460 e. The molecule has 1 aromatic rings. The van der Waals surface area contributed by atoms with Crippen molar-refractivity contribution in [3.8, 4) is 0 Å². The average molecular weight is 611 g/mol. The maximum atomic E-state index is 14.2. The van der Waals surface area contributed by atoms with Crippen molar-refractivity contribution in [2.45, 2.75) is 102 Å². The molecular formula is C28H46N6O5S2. The van der Waals surface area contributed by atoms with Gasteiger partial charge in [-0.25, -0.2) is 18.1 Å². The number of carbonyl (C=O) groups excluding carboxylic acids is 2. The molecule has 1 saturated carbocycles. The van der Waals surface area contributed by atoms with Crippen LogP contribution in [0.25, 0.3) is 0 Å². The van der Waals surface area contributed by atoms with Crippen molar-refractivity contribution in [2.24, 2.45) is 4.99 Å². The van der Waals surface area contributed by atoms with Crippen molar-refractivity contribution in [1.29, 1.82) is 0 Å². The van der Waals surface area contributed by atoms with Crippen LogP contribution in [-0.2, 0) is 30.9 Å². The van der Waals surface area contributed by atoms with Gasteiger partial charge >= 0.3 is 0 Å². The highest BCUT2D eigenvalue weighted by Crippen LogP contribution is 2.22. The fourth-order valence-electron chi connectivity index (χ4n) is 5.64. The standard InChI is InChI=1S/C28H46N6O5S2/c1-20-21(2)39-28(31-20)33-15-16-34(25(19-33)26(35)29-18-23-12-9-17-40-23)27(36)24(32-22-10-5-4-6-11-22)13-7-8-14-30-41(3,37)38/h9,12,17,20-22,24-25,30,32H,4-8,10-11,13-16,18-19H2,1-3H3,(H,29,35)/t20-,21-,24+,25-/m0/s1. The van der Waals surface area contributed by atoms with Gasteiger partial charge in [0, 0.05) is 30.6 Å². The second-order valence-corrected chi connectivity index (χ2v) is 14.3. The zero-order valence-electron chi connectivity index (χ0n) is 24.5. The molecule has 3 aliphatic rings. The van der Waals surface area contributed by atoms with Crippen molar-refractivity contribution >= 4 is 39.2 Å². The lowest BCUT2D eigenvalue weighted by Crippen LogP contribution is -2.64. The van der Waals surface area contributed by atoms with E-state index in [9.17, 15) is 18.0 Å². The molecule has 2 aliphatic heterocycles. The molecule has 3 N–H and O–H groups in total. The van der Waals surface area contributed by atoms with Gasteiger partial charge < -0.3 is 25.2 Å². The molecule has 3 heterocycles. The molecule has 41 heavy (non-hydrogen) atoms. The van der Waals surface area contributed by atoms with Crippen LogP contribution in [0.5, 0.6) is 0 Å². The third-order valence-electron chi connectivity index (χ3n) is 8.16. The van der Waals surface area contributed by atoms with Gasteiger partial charge in [-0.05, 0) is 51.0 Å². The lowest BCUT2D eigenvalue weighted by molar-refractivity contribution is -0.145. The van der Waals surface area contributed by atoms with Crippen LogP contribution in [0.4, 0.5) is 0 Å². The normalized spacial score (nSPS) is 24.6. The van der Waals surface area contributed by atoms with Gasteiger partial charge in [-0.2, -0.15) is 0 Å². The van der Waals surface area contributed by atoms with E-state index in [1.807, 2.05) is 36.3 Å². The highest BCUT2D eigenvalue weighted by Gasteiger charge is 2.41. The lowest BCUT2D eigenvalue weighted by atomic mass is 9.94. The summed E-state index contributed by atoms with van der Waals surface area (Å²) in [6, 6.07) is 3.67. The van der Waals surface area contributed by atoms with Gasteiger partial charge in [0.2, 0.25) is 21.8 Å². The Hall–Kier alpha value is -2.22. The van der Waals surface area contributed by atoms with Gasteiger partial charge in [0.25, 0.3) is 6.02 Å². The Kier molecular flexibility index (Phi) is 11.4. The molecule has 1 saturated heterocycles. The number of nitrogens with one attached hydrogen (secondary N) is 3. The fraction of sp³-hybridized carbons (Fsp3) is 0.750. The number of hydrogen-bond acceptors (Lipinski definition) is 9. The van der Waals surface area contributed by atoms with Gasteiger partial charge in [0.15, 0.2) is 0 Å². The first-order chi connectivity index (χ1) is 19.6. The minimum absolute atomic E-state index is 0.0305. The number of aliphatic imine (C=N–C) groups is 1. The van der Waals surface area contributed by atoms with E-state index in [0.29, 0.717) is 58.0 Å². The van der Waals surface area contributed by atoms with E-state index in [4.69, 9.17) is 4.74 Å². The SMILES string of the molecule is C[C@@H]1N=C(N2CCN(C(=O)[C@@H](CCCCNS(C)(=O)=O)NC3CCCCC3)[C@H](C(=O)NCc3cccs3)C2)O[C@H]1C. The number of ether oxygens (including phenoxy) is 1. The molecule has 0 aromatic carbocycles. The number of nitrogens with zero attached hydrogens (tertiary/aromatic N) is 3. The van der Waals surface area contributed by atoms with Crippen LogP contribution in [0, 0.1) is 0 Å². The van der Waals surface area contributed by atoms with E-state index in [1.54, 1.807) is 16.2 Å². The number of rotatable bonds is 12. The zero-order valence-corrected chi connectivity index (χ0v) is 26.1. The van der Waals surface area contributed by atoms with E-state index < -0.39 is 22.1 Å². The third-order valence-corrected chi connectivity index (χ3v) is 9.77. The molecule has 1 aliphatic carbocycles. The van der Waals surface area contributed by atoms with Crippen LogP contribution in [-0.4, -0.2) is 98.8 Å². The van der Waals surface area contributed by atoms with Crippen LogP contribution in [0.3, 0.4) is 0 Å². The molecule has 13 heteroatoms. The van der Waals surface area contributed by atoms with Gasteiger partial charge in [0.05, 0.1) is 31.4 Å². The zero-order chi connectivity index (χ0) is 29.4. The number of amides is 2. The quantitative estimate of drug-likeness (QED) is 0.309. The van der Waals surface area contributed by atoms with Crippen molar-refractivity contribution in [2.75, 3.05) is 32.4 Å². The van der Waals surface area contributed by atoms with E-state index in [0.717, 1.165) is 36.8 Å². The Morgan fingerprint density at radius 1 is 1.17 bits per heavy atom. The number of amidine groups is 1. The molecule has 0 spiro atoms. The summed E-state index contributed by atoms with van der Waals surface area (Å²) in [5.41, 5.74) is 0. The molecule has 4 atom stereocenters. The van der Waals surface area contributed by atoms with Crippen LogP contribution in [0.1, 0.15) is 70.1 Å². The van der Waals surface area contributed by atoms with Crippen LogP contribution >= 0.6 is 11.3 Å². The maximum Gasteiger partial charge on any atom is 0.288 e. The summed E-state index contributed by atoms with van der Waals surface area (Å²) in [6.45, 7) is 5.99. The molecule has 230 valence electrons. The first-order valence-electron chi connectivity index (χ1n) is 14.9. The molecule has 4 rings (SSSR count). The summed E-state index contributed by atoms with van der Waals surface area (Å²) >= 11 is 1.58. The van der Waals surface area contributed by atoms with Crippen LogP contribution < -0.4 is 15.4 Å². The van der Waals surface area contributed by atoms with Crippen LogP contribution in [0.2, 0.25) is 0 Å². The Bertz CT molecular complexity index is 1140. The first kappa shape index (κ1) is 31.7. The van der Waals surface area contributed by atoms with E-state index >= 15 is 0 Å². The topological polar surface area (TPSA) is 132 Å². The first-order valence-corrected chi connectivity index (χ1v) is 17.7. The van der Waals surface area contributed by atoms with Crippen LogP contribution in [0.15, 0.2) is 22.5 Å². The maximum absolute atomic E-state index is 14.2. The minimum atomic E-state index is -3.25. The van der Waals surface area contributed by atoms with Crippen molar-refractivity contribution < 1.29 is 22.7 Å². The lowest BCUT2D eigenvalue weighted by Gasteiger charge is -2.42. The number of carbonyl (C=O) groups is 2. The predicted molar refractivity (Wildman–Crippen MR) is 161 cm³/mol. The fourth-order valence-corrected chi connectivity index (χ4v) is 6.80. The number of unbranched alkanes of at least 4 members (excludes halogenated alkanes) is 1. The Labute approximate surface area is 248 Å².